The van der Waals surface area contributed by atoms with Gasteiger partial charge in [-0.1, -0.05) is 28.2 Å². The van der Waals surface area contributed by atoms with Crippen molar-refractivity contribution in [3.8, 4) is 0 Å². The third kappa shape index (κ3) is 15.7. The van der Waals surface area contributed by atoms with Gasteiger partial charge in [-0.25, -0.2) is 4.98 Å². The summed E-state index contributed by atoms with van der Waals surface area (Å²) in [7, 11) is 0. The van der Waals surface area contributed by atoms with Crippen molar-refractivity contribution < 1.29 is 4.42 Å². The van der Waals surface area contributed by atoms with Gasteiger partial charge in [-0.3, -0.25) is 0 Å². The highest BCUT2D eigenvalue weighted by Crippen LogP contribution is 1.81. The summed E-state index contributed by atoms with van der Waals surface area (Å²) in [5.41, 5.74) is 0. The molecule has 0 amide bonds. The highest BCUT2D eigenvalue weighted by Gasteiger charge is 1.68. The molecule has 0 radical (unpaired) electrons. The molecule has 1 aromatic heterocycles. The number of nitrogens with zero attached hydrogens (tertiary/aromatic N) is 1. The van der Waals surface area contributed by atoms with Gasteiger partial charge in [0, 0.05) is 0 Å². The summed E-state index contributed by atoms with van der Waals surface area (Å²) in [6.45, 7) is 6.50. The van der Waals surface area contributed by atoms with E-state index in [9.17, 15) is 0 Å². The predicted molar refractivity (Wildman–Crippen MR) is 43.7 cm³/mol. The summed E-state index contributed by atoms with van der Waals surface area (Å²) < 4.78 is 4.47. The number of hydrogen-bond acceptors (Lipinski definition) is 2. The molecule has 1 heterocycles. The van der Waals surface area contributed by atoms with Crippen molar-refractivity contribution in [2.75, 3.05) is 0 Å². The lowest BCUT2D eigenvalue weighted by molar-refractivity contribution is 0.558. The van der Waals surface area contributed by atoms with Crippen LogP contribution in [0.4, 0.5) is 0 Å². The highest BCUT2D eigenvalue weighted by molar-refractivity contribution is 4.56. The molecule has 0 bridgehead atoms. The Hall–Kier alpha value is -0.790. The van der Waals surface area contributed by atoms with E-state index >= 15 is 0 Å². The minimum absolute atomic E-state index is 0. The fraction of sp³-hybridized carbons (Fsp3) is 0.625. The minimum Gasteiger partial charge on any atom is -0.452 e. The molecule has 0 aliphatic rings. The van der Waals surface area contributed by atoms with E-state index in [0.29, 0.717) is 0 Å². The smallest absolute Gasteiger partial charge is 0.180 e. The first-order chi connectivity index (χ1) is 4.23. The topological polar surface area (TPSA) is 26.0 Å². The first-order valence-corrected chi connectivity index (χ1v) is 3.05. The second-order valence-corrected chi connectivity index (χ2v) is 2.41. The lowest BCUT2D eigenvalue weighted by Gasteiger charge is -1.79. The van der Waals surface area contributed by atoms with Gasteiger partial charge in [0.2, 0.25) is 0 Å². The fourth-order valence-electron chi connectivity index (χ4n) is 0.176. The van der Waals surface area contributed by atoms with Gasteiger partial charge in [0.15, 0.2) is 6.39 Å². The molecule has 1 rings (SSSR count). The molecule has 0 aliphatic carbocycles. The Morgan fingerprint density at radius 3 is 1.90 bits per heavy atom. The Kier molecular flexibility index (Phi) is 9.80. The van der Waals surface area contributed by atoms with Crippen molar-refractivity contribution in [1.29, 1.82) is 0 Å². The maximum Gasteiger partial charge on any atom is 0.180 e. The molecule has 60 valence electrons. The largest absolute Gasteiger partial charge is 0.452 e. The van der Waals surface area contributed by atoms with Crippen molar-refractivity contribution in [2.24, 2.45) is 5.92 Å². The van der Waals surface area contributed by atoms with Crippen LogP contribution in [0.1, 0.15) is 28.2 Å². The molecule has 0 atom stereocenters. The molecule has 0 aromatic carbocycles. The average Bonchev–Trinajstić information content (AvgIpc) is 2.11. The lowest BCUT2D eigenvalue weighted by atomic mass is 10.3. The van der Waals surface area contributed by atoms with E-state index in [1.807, 2.05) is 0 Å². The molecular formula is C8H17NO. The molecule has 0 saturated heterocycles. The van der Waals surface area contributed by atoms with Crippen molar-refractivity contribution in [3.63, 3.8) is 0 Å². The number of aromatic nitrogens is 1. The molecule has 0 N–H and O–H groups in total. The van der Waals surface area contributed by atoms with Crippen molar-refractivity contribution in [1.82, 2.24) is 4.98 Å². The van der Waals surface area contributed by atoms with Gasteiger partial charge in [-0.2, -0.15) is 0 Å². The molecular weight excluding hydrogens is 126 g/mol. The number of rotatable bonds is 0. The normalized spacial score (nSPS) is 7.60. The van der Waals surface area contributed by atoms with E-state index in [4.69, 9.17) is 0 Å². The number of oxazole rings is 1. The van der Waals surface area contributed by atoms with E-state index in [2.05, 4.69) is 30.2 Å². The summed E-state index contributed by atoms with van der Waals surface area (Å²) >= 11 is 0. The van der Waals surface area contributed by atoms with Crippen LogP contribution in [0.3, 0.4) is 0 Å². The van der Waals surface area contributed by atoms with Gasteiger partial charge < -0.3 is 4.42 Å². The van der Waals surface area contributed by atoms with Crippen molar-refractivity contribution >= 4 is 0 Å². The summed E-state index contributed by atoms with van der Waals surface area (Å²) in [5.74, 6) is 0.833. The second kappa shape index (κ2) is 8.21. The second-order valence-electron chi connectivity index (χ2n) is 2.41. The molecule has 0 saturated carbocycles. The van der Waals surface area contributed by atoms with Gasteiger partial charge in [-0.05, 0) is 5.92 Å². The standard InChI is InChI=1S/C4H10.C3H3NO.CH4/c1-4(2)3;1-2-5-3-4-1;/h4H,1-3H3;1-3H;1H4. The monoisotopic (exact) mass is 143 g/mol. The van der Waals surface area contributed by atoms with Crippen LogP contribution >= 0.6 is 0 Å². The van der Waals surface area contributed by atoms with Gasteiger partial charge in [0.05, 0.1) is 6.20 Å². The Morgan fingerprint density at radius 2 is 1.80 bits per heavy atom. The Bertz CT molecular complexity index is 92.8. The van der Waals surface area contributed by atoms with Crippen LogP contribution in [0, 0.1) is 5.92 Å². The van der Waals surface area contributed by atoms with Crippen LogP contribution in [0.2, 0.25) is 0 Å². The summed E-state index contributed by atoms with van der Waals surface area (Å²) in [4.78, 5) is 3.56. The third-order valence-corrected chi connectivity index (χ3v) is 0.347. The van der Waals surface area contributed by atoms with Gasteiger partial charge in [0.25, 0.3) is 0 Å². The molecule has 0 aliphatic heterocycles. The van der Waals surface area contributed by atoms with Crippen LogP contribution in [-0.4, -0.2) is 4.98 Å². The molecule has 0 spiro atoms. The van der Waals surface area contributed by atoms with Crippen molar-refractivity contribution in [3.05, 3.63) is 18.9 Å². The Morgan fingerprint density at radius 1 is 1.30 bits per heavy atom. The van der Waals surface area contributed by atoms with Gasteiger partial charge in [-0.15, -0.1) is 0 Å². The molecule has 2 heteroatoms. The van der Waals surface area contributed by atoms with Crippen LogP contribution in [0.25, 0.3) is 0 Å². The van der Waals surface area contributed by atoms with E-state index in [-0.39, 0.29) is 7.43 Å². The average molecular weight is 143 g/mol. The molecule has 2 nitrogen and oxygen atoms in total. The van der Waals surface area contributed by atoms with Crippen molar-refractivity contribution in [2.45, 2.75) is 28.2 Å². The zero-order valence-electron chi connectivity index (χ0n) is 6.16. The SMILES string of the molecule is C.CC(C)C.c1cocn1. The van der Waals surface area contributed by atoms with Crippen LogP contribution in [0.5, 0.6) is 0 Å². The summed E-state index contributed by atoms with van der Waals surface area (Å²) in [6, 6.07) is 0. The quantitative estimate of drug-likeness (QED) is 0.558. The molecule has 0 fully saturated rings. The zero-order chi connectivity index (χ0) is 7.11. The van der Waals surface area contributed by atoms with E-state index in [0.717, 1.165) is 5.92 Å². The van der Waals surface area contributed by atoms with Gasteiger partial charge in [0.1, 0.15) is 6.26 Å². The first kappa shape index (κ1) is 11.9. The van der Waals surface area contributed by atoms with Crippen LogP contribution < -0.4 is 0 Å². The first-order valence-electron chi connectivity index (χ1n) is 3.05. The number of hydrogen-bond donors (Lipinski definition) is 0. The van der Waals surface area contributed by atoms with E-state index in [1.165, 1.54) is 12.7 Å². The van der Waals surface area contributed by atoms with Crippen LogP contribution in [-0.2, 0) is 0 Å². The minimum atomic E-state index is 0. The maximum atomic E-state index is 4.47. The predicted octanol–water partition coefficient (Wildman–Crippen LogP) is 2.97. The fourth-order valence-corrected chi connectivity index (χ4v) is 0.176. The molecule has 1 aromatic rings. The van der Waals surface area contributed by atoms with Gasteiger partial charge >= 0.3 is 0 Å². The summed E-state index contributed by atoms with van der Waals surface area (Å²) in [5, 5.41) is 0. The zero-order valence-corrected chi connectivity index (χ0v) is 6.16. The van der Waals surface area contributed by atoms with E-state index < -0.39 is 0 Å². The Balaban J connectivity index is 0. The Labute approximate surface area is 63.3 Å². The lowest BCUT2D eigenvalue weighted by Crippen LogP contribution is -1.66. The maximum absolute atomic E-state index is 4.47. The van der Waals surface area contributed by atoms with Crippen LogP contribution in [0.15, 0.2) is 23.3 Å². The van der Waals surface area contributed by atoms with E-state index in [1.54, 1.807) is 6.20 Å². The highest BCUT2D eigenvalue weighted by atomic mass is 16.3. The summed E-state index contributed by atoms with van der Waals surface area (Å²) in [6.07, 6.45) is 4.47. The third-order valence-electron chi connectivity index (χ3n) is 0.347. The molecule has 0 unspecified atom stereocenters. The molecule has 10 heavy (non-hydrogen) atoms.